The van der Waals surface area contributed by atoms with Crippen LogP contribution in [-0.4, -0.2) is 23.2 Å². The molecule has 0 saturated heterocycles. The molecule has 0 aromatic heterocycles. The Kier molecular flexibility index (Phi) is 9.68. The maximum Gasteiger partial charge on any atom is 0.288 e. The van der Waals surface area contributed by atoms with Crippen molar-refractivity contribution in [2.45, 2.75) is 6.10 Å². The summed E-state index contributed by atoms with van der Waals surface area (Å²) >= 11 is 0. The van der Waals surface area contributed by atoms with Crippen molar-refractivity contribution in [2.24, 2.45) is 0 Å². The molecule has 7 rings (SSSR count). The third-order valence-electron chi connectivity index (χ3n) is 8.97. The number of rotatable bonds is 12. The molecule has 0 amide bonds. The molecule has 0 heterocycles. The summed E-state index contributed by atoms with van der Waals surface area (Å²) in [7, 11) is -6.08. The molecule has 48 heavy (non-hydrogen) atoms. The van der Waals surface area contributed by atoms with Gasteiger partial charge in [-0.3, -0.25) is 0 Å². The Morgan fingerprint density at radius 2 is 0.667 bits per heavy atom. The van der Waals surface area contributed by atoms with Crippen molar-refractivity contribution in [3.63, 3.8) is 0 Å². The quantitative estimate of drug-likeness (QED) is 0.121. The van der Waals surface area contributed by atoms with Gasteiger partial charge in [0.2, 0.25) is 0 Å². The fourth-order valence-corrected chi connectivity index (χ4v) is 14.6. The van der Waals surface area contributed by atoms with Crippen molar-refractivity contribution in [3.05, 3.63) is 218 Å². The van der Waals surface area contributed by atoms with Crippen molar-refractivity contribution in [2.75, 3.05) is 6.61 Å². The number of hydrogen-bond donors (Lipinski definition) is 0. The third kappa shape index (κ3) is 6.27. The summed E-state index contributed by atoms with van der Waals surface area (Å²) < 4.78 is 15.4. The van der Waals surface area contributed by atoms with Crippen LogP contribution in [-0.2, 0) is 8.85 Å². The summed E-state index contributed by atoms with van der Waals surface area (Å²) in [4.78, 5) is 0. The van der Waals surface area contributed by atoms with Gasteiger partial charge in [0.25, 0.3) is 16.6 Å². The van der Waals surface area contributed by atoms with E-state index in [-0.39, 0.29) is 6.10 Å². The topological polar surface area (TPSA) is 18.5 Å². The van der Waals surface area contributed by atoms with E-state index in [2.05, 4.69) is 200 Å². The fourth-order valence-electron chi connectivity index (χ4n) is 6.72. The second-order valence-electron chi connectivity index (χ2n) is 11.8. The van der Waals surface area contributed by atoms with Gasteiger partial charge in [0.05, 0.1) is 12.7 Å². The predicted molar refractivity (Wildman–Crippen MR) is 203 cm³/mol. The predicted octanol–water partition coefficient (Wildman–Crippen LogP) is 5.90. The van der Waals surface area contributed by atoms with Crippen LogP contribution in [0, 0.1) is 6.07 Å². The van der Waals surface area contributed by atoms with Gasteiger partial charge < -0.3 is 8.85 Å². The zero-order valence-electron chi connectivity index (χ0n) is 26.7. The molecule has 0 aliphatic carbocycles. The summed E-state index contributed by atoms with van der Waals surface area (Å²) in [5.74, 6) is 0. The molecule has 0 aliphatic heterocycles. The number of benzene rings is 7. The average molecular weight is 654 g/mol. The van der Waals surface area contributed by atoms with Crippen molar-refractivity contribution < 1.29 is 8.85 Å². The molecule has 0 aliphatic rings. The molecule has 0 saturated carbocycles. The molecule has 0 N–H and O–H groups in total. The molecule has 0 fully saturated rings. The average Bonchev–Trinajstić information content (AvgIpc) is 3.19. The first-order chi connectivity index (χ1) is 23.8. The summed E-state index contributed by atoms with van der Waals surface area (Å²) in [6, 6.07) is 75.9. The smallest absolute Gasteiger partial charge is 0.288 e. The van der Waals surface area contributed by atoms with Crippen molar-refractivity contribution in [1.29, 1.82) is 0 Å². The van der Waals surface area contributed by atoms with E-state index in [4.69, 9.17) is 8.85 Å². The first kappa shape index (κ1) is 31.5. The van der Waals surface area contributed by atoms with E-state index >= 15 is 0 Å². The minimum atomic E-state index is -3.08. The lowest BCUT2D eigenvalue weighted by Crippen LogP contribution is -2.71. The van der Waals surface area contributed by atoms with Crippen LogP contribution in [0.4, 0.5) is 0 Å². The van der Waals surface area contributed by atoms with Gasteiger partial charge in [-0.2, -0.15) is 0 Å². The lowest BCUT2D eigenvalue weighted by molar-refractivity contribution is 0.128. The lowest BCUT2D eigenvalue weighted by Gasteiger charge is -2.39. The number of hydrogen-bond acceptors (Lipinski definition) is 2. The highest BCUT2D eigenvalue weighted by Gasteiger charge is 2.46. The molecular weight excluding hydrogens is 617 g/mol. The van der Waals surface area contributed by atoms with Gasteiger partial charge in [-0.1, -0.05) is 206 Å². The van der Waals surface area contributed by atoms with Crippen LogP contribution in [0.2, 0.25) is 0 Å². The molecule has 1 atom stereocenters. The van der Waals surface area contributed by atoms with Crippen LogP contribution in [0.25, 0.3) is 0 Å². The van der Waals surface area contributed by atoms with Crippen molar-refractivity contribution in [3.8, 4) is 0 Å². The third-order valence-corrected chi connectivity index (χ3v) is 17.1. The second kappa shape index (κ2) is 14.8. The van der Waals surface area contributed by atoms with Gasteiger partial charge in [0, 0.05) is 0 Å². The van der Waals surface area contributed by atoms with E-state index in [0.29, 0.717) is 6.61 Å². The fraction of sp³-hybridized carbons (Fsp3) is 0.0455. The molecule has 0 bridgehead atoms. The summed E-state index contributed by atoms with van der Waals surface area (Å²) in [5, 5.41) is 7.15. The summed E-state index contributed by atoms with van der Waals surface area (Å²) in [5.41, 5.74) is 1.06. The van der Waals surface area contributed by atoms with Gasteiger partial charge >= 0.3 is 0 Å². The van der Waals surface area contributed by atoms with Crippen molar-refractivity contribution >= 4 is 47.8 Å². The molecule has 0 spiro atoms. The van der Waals surface area contributed by atoms with Gasteiger partial charge in [-0.25, -0.2) is 0 Å². The Hall–Kier alpha value is -5.11. The Balaban J connectivity index is 1.42. The van der Waals surface area contributed by atoms with Crippen molar-refractivity contribution in [1.82, 2.24) is 0 Å². The van der Waals surface area contributed by atoms with E-state index < -0.39 is 16.6 Å². The zero-order valence-corrected chi connectivity index (χ0v) is 28.7. The highest BCUT2D eigenvalue weighted by molar-refractivity contribution is 7.07. The Morgan fingerprint density at radius 1 is 0.375 bits per heavy atom. The first-order valence-electron chi connectivity index (χ1n) is 16.4. The normalized spacial score (nSPS) is 12.3. The van der Waals surface area contributed by atoms with E-state index in [1.807, 2.05) is 12.1 Å². The molecular formula is C44H37O2Si2. The van der Waals surface area contributed by atoms with Crippen LogP contribution in [0.3, 0.4) is 0 Å². The van der Waals surface area contributed by atoms with Crippen LogP contribution < -0.4 is 31.1 Å². The second-order valence-corrected chi connectivity index (χ2v) is 18.5. The largest absolute Gasteiger partial charge is 0.401 e. The highest BCUT2D eigenvalue weighted by atomic mass is 28.4. The maximum atomic E-state index is 7.81. The molecule has 4 heteroatoms. The maximum absolute atomic E-state index is 7.81. The minimum absolute atomic E-state index is 0.357. The highest BCUT2D eigenvalue weighted by Crippen LogP contribution is 2.25. The van der Waals surface area contributed by atoms with Crippen LogP contribution >= 0.6 is 0 Å². The molecule has 2 nitrogen and oxygen atoms in total. The lowest BCUT2D eigenvalue weighted by atomic mass is 10.1. The Labute approximate surface area is 286 Å². The Morgan fingerprint density at radius 3 is 0.979 bits per heavy atom. The van der Waals surface area contributed by atoms with Crippen LogP contribution in [0.15, 0.2) is 206 Å². The van der Waals surface area contributed by atoms with Gasteiger partial charge in [-0.15, -0.1) is 0 Å². The molecule has 233 valence electrons. The molecule has 1 radical (unpaired) electrons. The van der Waals surface area contributed by atoms with Gasteiger partial charge in [0.15, 0.2) is 0 Å². The minimum Gasteiger partial charge on any atom is -0.401 e. The van der Waals surface area contributed by atoms with Crippen LogP contribution in [0.1, 0.15) is 11.7 Å². The van der Waals surface area contributed by atoms with E-state index in [0.717, 1.165) is 5.56 Å². The monoisotopic (exact) mass is 653 g/mol. The standard InChI is InChI=1S/C44H37O2Si2/c1-8-22-37(23-9-1)44(46-48(41-30-16-5-17-31-41,42-32-18-6-19-33-42)43-34-20-7-21-35-43)36-45-47(38-24-10-2-11-25-38,39-26-12-3-13-27-39)40-28-14-4-15-29-40/h2-35,44H,36H2. The molecule has 7 aromatic rings. The molecule has 7 aromatic carbocycles. The molecule has 1 unspecified atom stereocenters. The van der Waals surface area contributed by atoms with Gasteiger partial charge in [-0.05, 0) is 42.8 Å². The zero-order chi connectivity index (χ0) is 32.5. The van der Waals surface area contributed by atoms with Crippen LogP contribution in [0.5, 0.6) is 0 Å². The van der Waals surface area contributed by atoms with E-state index in [1.54, 1.807) is 0 Å². The SMILES string of the molecule is [c]1ccc(C(CO[Si](c2ccccc2)(c2ccccc2)c2ccccc2)O[Si](c2ccccc2)(c2ccccc2)c2ccccc2)cc1. The first-order valence-corrected chi connectivity index (χ1v) is 20.2. The summed E-state index contributed by atoms with van der Waals surface area (Å²) in [6.07, 6.45) is -0.380. The van der Waals surface area contributed by atoms with E-state index in [9.17, 15) is 0 Å². The Bertz CT molecular complexity index is 1780. The van der Waals surface area contributed by atoms with Gasteiger partial charge in [0.1, 0.15) is 0 Å². The summed E-state index contributed by atoms with van der Waals surface area (Å²) in [6.45, 7) is 0.357. The van der Waals surface area contributed by atoms with E-state index in [1.165, 1.54) is 31.1 Å².